The molecule has 26 heavy (non-hydrogen) atoms. The van der Waals surface area contributed by atoms with Gasteiger partial charge in [0.2, 0.25) is 0 Å². The van der Waals surface area contributed by atoms with E-state index in [9.17, 15) is 9.59 Å². The molecule has 0 spiro atoms. The number of carbonyl (C=O) groups is 2. The van der Waals surface area contributed by atoms with Crippen molar-refractivity contribution < 1.29 is 23.8 Å². The molecule has 0 heterocycles. The molecule has 1 aromatic rings. The van der Waals surface area contributed by atoms with Gasteiger partial charge in [-0.25, -0.2) is 0 Å². The summed E-state index contributed by atoms with van der Waals surface area (Å²) in [6.45, 7) is 4.34. The van der Waals surface area contributed by atoms with Gasteiger partial charge in [0.25, 0.3) is 0 Å². The highest BCUT2D eigenvalue weighted by Crippen LogP contribution is 2.24. The molecular weight excluding hydrogens is 332 g/mol. The first-order valence-corrected chi connectivity index (χ1v) is 9.18. The Balaban J connectivity index is 1.99. The zero-order chi connectivity index (χ0) is 18.9. The van der Waals surface area contributed by atoms with Gasteiger partial charge in [0.05, 0.1) is 13.2 Å². The van der Waals surface area contributed by atoms with Crippen LogP contribution < -0.4 is 0 Å². The fraction of sp³-hybridized carbons (Fsp3) is 0.524. The third kappa shape index (κ3) is 6.07. The molecule has 0 aromatic heterocycles. The number of hydrogen-bond acceptors (Lipinski definition) is 5. The van der Waals surface area contributed by atoms with Crippen LogP contribution in [0.25, 0.3) is 0 Å². The van der Waals surface area contributed by atoms with Gasteiger partial charge in [-0.2, -0.15) is 0 Å². The zero-order valence-corrected chi connectivity index (χ0v) is 15.8. The summed E-state index contributed by atoms with van der Waals surface area (Å²) in [6.07, 6.45) is 4.26. The average molecular weight is 360 g/mol. The van der Waals surface area contributed by atoms with E-state index in [0.29, 0.717) is 25.9 Å². The van der Waals surface area contributed by atoms with E-state index in [-0.39, 0.29) is 24.1 Å². The normalized spacial score (nSPS) is 17.9. The second kappa shape index (κ2) is 10.2. The van der Waals surface area contributed by atoms with Crippen LogP contribution in [0.4, 0.5) is 0 Å². The van der Waals surface area contributed by atoms with Crippen molar-refractivity contribution in [2.24, 2.45) is 0 Å². The van der Waals surface area contributed by atoms with Crippen molar-refractivity contribution in [1.82, 2.24) is 0 Å². The Hall–Kier alpha value is -1.98. The standard InChI is InChI=1S/C21H28O5/c1-4-25-15(2)26-19-13-18(20(22)14-19)12-17-9-6-5-8-16(17)10-7-11-21(23)24-3/h5-6,8-9,13,15,19H,4,7,10-12,14H2,1-3H3. The number of hydrogen-bond donors (Lipinski definition) is 0. The van der Waals surface area contributed by atoms with Gasteiger partial charge < -0.3 is 14.2 Å². The molecule has 0 N–H and O–H groups in total. The average Bonchev–Trinajstić information content (AvgIpc) is 2.95. The van der Waals surface area contributed by atoms with Gasteiger partial charge in [0.1, 0.15) is 0 Å². The Morgan fingerprint density at radius 3 is 2.69 bits per heavy atom. The lowest BCUT2D eigenvalue weighted by Crippen LogP contribution is -2.20. The lowest BCUT2D eigenvalue weighted by molar-refractivity contribution is -0.148. The minimum Gasteiger partial charge on any atom is -0.469 e. The number of methoxy groups -OCH3 is 1. The van der Waals surface area contributed by atoms with Crippen molar-refractivity contribution >= 4 is 11.8 Å². The van der Waals surface area contributed by atoms with E-state index in [2.05, 4.69) is 10.8 Å². The SMILES string of the molecule is CCOC(C)OC1C=C(Cc2ccccc2CCCC(=O)OC)C(=O)C1. The Morgan fingerprint density at radius 1 is 1.27 bits per heavy atom. The molecule has 0 radical (unpaired) electrons. The summed E-state index contributed by atoms with van der Waals surface area (Å²) < 4.78 is 15.8. The van der Waals surface area contributed by atoms with Crippen molar-refractivity contribution in [3.63, 3.8) is 0 Å². The van der Waals surface area contributed by atoms with Gasteiger partial charge in [0, 0.05) is 25.9 Å². The van der Waals surface area contributed by atoms with Crippen LogP contribution in [0.5, 0.6) is 0 Å². The van der Waals surface area contributed by atoms with E-state index in [1.54, 1.807) is 0 Å². The van der Waals surface area contributed by atoms with Crippen molar-refractivity contribution in [3.8, 4) is 0 Å². The Kier molecular flexibility index (Phi) is 8.01. The van der Waals surface area contributed by atoms with E-state index >= 15 is 0 Å². The lowest BCUT2D eigenvalue weighted by Gasteiger charge is -2.16. The number of allylic oxidation sites excluding steroid dienone is 1. The van der Waals surface area contributed by atoms with Crippen LogP contribution in [0, 0.1) is 0 Å². The minimum absolute atomic E-state index is 0.128. The van der Waals surface area contributed by atoms with Crippen LogP contribution in [-0.4, -0.2) is 37.9 Å². The molecule has 0 saturated heterocycles. The van der Waals surface area contributed by atoms with Crippen LogP contribution in [0.3, 0.4) is 0 Å². The highest BCUT2D eigenvalue weighted by molar-refractivity contribution is 5.98. The molecule has 0 fully saturated rings. The maximum Gasteiger partial charge on any atom is 0.305 e. The van der Waals surface area contributed by atoms with Gasteiger partial charge in [0.15, 0.2) is 12.1 Å². The van der Waals surface area contributed by atoms with E-state index in [1.165, 1.54) is 7.11 Å². The Morgan fingerprint density at radius 2 is 2.00 bits per heavy atom. The third-order valence-electron chi connectivity index (χ3n) is 4.45. The molecule has 0 saturated carbocycles. The maximum absolute atomic E-state index is 12.3. The molecule has 2 rings (SSSR count). The smallest absolute Gasteiger partial charge is 0.305 e. The van der Waals surface area contributed by atoms with E-state index in [1.807, 2.05) is 38.1 Å². The first kappa shape index (κ1) is 20.3. The molecule has 5 heteroatoms. The number of carbonyl (C=O) groups excluding carboxylic acids is 2. The molecule has 2 atom stereocenters. The molecule has 0 bridgehead atoms. The van der Waals surface area contributed by atoms with Gasteiger partial charge in [-0.05, 0) is 49.5 Å². The second-order valence-electron chi connectivity index (χ2n) is 6.39. The van der Waals surface area contributed by atoms with E-state index in [0.717, 1.165) is 29.5 Å². The largest absolute Gasteiger partial charge is 0.469 e. The number of rotatable bonds is 10. The summed E-state index contributed by atoms with van der Waals surface area (Å²) in [7, 11) is 1.40. The Labute approximate surface area is 155 Å². The summed E-state index contributed by atoms with van der Waals surface area (Å²) in [5.74, 6) is -0.0670. The topological polar surface area (TPSA) is 61.8 Å². The first-order chi connectivity index (χ1) is 12.5. The van der Waals surface area contributed by atoms with Crippen molar-refractivity contribution in [3.05, 3.63) is 47.0 Å². The molecular formula is C21H28O5. The lowest BCUT2D eigenvalue weighted by atomic mass is 9.96. The van der Waals surface area contributed by atoms with Gasteiger partial charge >= 0.3 is 5.97 Å². The number of Topliss-reactive ketones (excluding diaryl/α,β-unsaturated/α-hetero) is 1. The summed E-state index contributed by atoms with van der Waals surface area (Å²) in [6, 6.07) is 8.05. The van der Waals surface area contributed by atoms with Crippen molar-refractivity contribution in [1.29, 1.82) is 0 Å². The van der Waals surface area contributed by atoms with Crippen LogP contribution >= 0.6 is 0 Å². The van der Waals surface area contributed by atoms with E-state index < -0.39 is 0 Å². The van der Waals surface area contributed by atoms with Gasteiger partial charge in [-0.1, -0.05) is 24.3 Å². The van der Waals surface area contributed by atoms with Crippen LogP contribution in [0.1, 0.15) is 44.2 Å². The minimum atomic E-state index is -0.320. The number of ketones is 1. The van der Waals surface area contributed by atoms with E-state index in [4.69, 9.17) is 9.47 Å². The number of ether oxygens (including phenoxy) is 3. The highest BCUT2D eigenvalue weighted by Gasteiger charge is 2.26. The first-order valence-electron chi connectivity index (χ1n) is 9.18. The van der Waals surface area contributed by atoms with Crippen LogP contribution in [-0.2, 0) is 36.6 Å². The Bertz CT molecular complexity index is 650. The molecule has 0 aliphatic heterocycles. The van der Waals surface area contributed by atoms with Crippen molar-refractivity contribution in [2.75, 3.05) is 13.7 Å². The van der Waals surface area contributed by atoms with Crippen molar-refractivity contribution in [2.45, 2.75) is 58.3 Å². The quantitative estimate of drug-likeness (QED) is 0.473. The monoisotopic (exact) mass is 360 g/mol. The van der Waals surface area contributed by atoms with Gasteiger partial charge in [-0.15, -0.1) is 0 Å². The summed E-state index contributed by atoms with van der Waals surface area (Å²) >= 11 is 0. The molecule has 2 unspecified atom stereocenters. The zero-order valence-electron chi connectivity index (χ0n) is 15.8. The number of benzene rings is 1. The summed E-state index contributed by atoms with van der Waals surface area (Å²) in [5, 5.41) is 0. The molecule has 1 aliphatic rings. The molecule has 5 nitrogen and oxygen atoms in total. The second-order valence-corrected chi connectivity index (χ2v) is 6.39. The molecule has 0 amide bonds. The summed E-state index contributed by atoms with van der Waals surface area (Å²) in [5.41, 5.74) is 3.08. The predicted octanol–water partition coefficient (Wildman–Crippen LogP) is 3.39. The number of aryl methyl sites for hydroxylation is 1. The summed E-state index contributed by atoms with van der Waals surface area (Å²) in [4.78, 5) is 23.6. The predicted molar refractivity (Wildman–Crippen MR) is 98.8 cm³/mol. The number of esters is 1. The fourth-order valence-corrected chi connectivity index (χ4v) is 3.16. The molecule has 142 valence electrons. The van der Waals surface area contributed by atoms with Crippen LogP contribution in [0.15, 0.2) is 35.9 Å². The van der Waals surface area contributed by atoms with Gasteiger partial charge in [-0.3, -0.25) is 9.59 Å². The highest BCUT2D eigenvalue weighted by atomic mass is 16.7. The van der Waals surface area contributed by atoms with Crippen LogP contribution in [0.2, 0.25) is 0 Å². The fourth-order valence-electron chi connectivity index (χ4n) is 3.16. The maximum atomic E-state index is 12.3. The third-order valence-corrected chi connectivity index (χ3v) is 4.45. The molecule has 1 aromatic carbocycles. The molecule has 1 aliphatic carbocycles.